The number of rotatable bonds is 3. The molecule has 0 saturated heterocycles. The van der Waals surface area contributed by atoms with Crippen molar-refractivity contribution < 1.29 is 18.0 Å². The summed E-state index contributed by atoms with van der Waals surface area (Å²) in [6.07, 6.45) is -1.76. The van der Waals surface area contributed by atoms with Crippen molar-refractivity contribution in [1.29, 1.82) is 0 Å². The van der Waals surface area contributed by atoms with E-state index in [4.69, 9.17) is 0 Å². The molecule has 3 heterocycles. The number of nitrogens with zero attached hydrogens (tertiary/aromatic N) is 3. The summed E-state index contributed by atoms with van der Waals surface area (Å²) in [6.45, 7) is 2.24. The Labute approximate surface area is 155 Å². The van der Waals surface area contributed by atoms with Crippen LogP contribution in [0.1, 0.15) is 28.7 Å². The average Bonchev–Trinajstić information content (AvgIpc) is 2.97. The Kier molecular flexibility index (Phi) is 5.06. The minimum absolute atomic E-state index is 0.206. The zero-order chi connectivity index (χ0) is 18.2. The van der Waals surface area contributed by atoms with Crippen LogP contribution < -0.4 is 4.90 Å². The van der Waals surface area contributed by atoms with Gasteiger partial charge in [-0.2, -0.15) is 13.2 Å². The second-order valence-corrected chi connectivity index (χ2v) is 7.55. The Bertz CT molecular complexity index is 829. The molecule has 0 unspecified atom stereocenters. The van der Waals surface area contributed by atoms with Crippen molar-refractivity contribution in [2.75, 3.05) is 17.2 Å². The molecule has 4 nitrogen and oxygen atoms in total. The van der Waals surface area contributed by atoms with E-state index in [9.17, 15) is 18.0 Å². The van der Waals surface area contributed by atoms with E-state index in [1.165, 1.54) is 22.9 Å². The summed E-state index contributed by atoms with van der Waals surface area (Å²) in [5, 5.41) is 0. The largest absolute Gasteiger partial charge is 0.417 e. The topological polar surface area (TPSA) is 46.1 Å². The van der Waals surface area contributed by atoms with Crippen molar-refractivity contribution in [3.05, 3.63) is 46.0 Å². The van der Waals surface area contributed by atoms with Gasteiger partial charge in [0.1, 0.15) is 5.69 Å². The van der Waals surface area contributed by atoms with Gasteiger partial charge < -0.3 is 4.90 Å². The summed E-state index contributed by atoms with van der Waals surface area (Å²) in [4.78, 5) is 23.0. The predicted octanol–water partition coefficient (Wildman–Crippen LogP) is 4.57. The highest BCUT2D eigenvalue weighted by Gasteiger charge is 2.35. The van der Waals surface area contributed by atoms with Gasteiger partial charge in [0.05, 0.1) is 16.9 Å². The number of alkyl halides is 3. The number of aromatic nitrogens is 2. The summed E-state index contributed by atoms with van der Waals surface area (Å²) in [6, 6.07) is 2.77. The molecule has 1 aliphatic heterocycles. The van der Waals surface area contributed by atoms with Gasteiger partial charge in [0, 0.05) is 34.7 Å². The molecule has 0 aliphatic carbocycles. The van der Waals surface area contributed by atoms with Crippen LogP contribution in [0.15, 0.2) is 33.9 Å². The van der Waals surface area contributed by atoms with Gasteiger partial charge in [0.2, 0.25) is 0 Å². The molecule has 0 radical (unpaired) electrons. The van der Waals surface area contributed by atoms with Gasteiger partial charge >= 0.3 is 6.18 Å². The molecule has 2 aromatic heterocycles. The molecule has 0 fully saturated rings. The lowest BCUT2D eigenvalue weighted by molar-refractivity contribution is -0.137. The molecule has 0 bridgehead atoms. The molecule has 2 aromatic rings. The highest BCUT2D eigenvalue weighted by Crippen LogP contribution is 2.36. The number of halogens is 4. The number of carbonyl (C=O) groups excluding carboxylic acids is 1. The number of fused-ring (bicyclic) bond motifs is 1. The highest BCUT2D eigenvalue weighted by molar-refractivity contribution is 9.10. The van der Waals surface area contributed by atoms with Crippen molar-refractivity contribution >= 4 is 39.3 Å². The third kappa shape index (κ3) is 3.67. The second kappa shape index (κ2) is 6.95. The zero-order valence-corrected chi connectivity index (χ0v) is 15.5. The Morgan fingerprint density at radius 1 is 1.32 bits per heavy atom. The fourth-order valence-electron chi connectivity index (χ4n) is 2.59. The summed E-state index contributed by atoms with van der Waals surface area (Å²) < 4.78 is 39.6. The third-order valence-corrected chi connectivity index (χ3v) is 5.05. The molecule has 0 aromatic carbocycles. The molecule has 0 N–H and O–H groups in total. The van der Waals surface area contributed by atoms with E-state index < -0.39 is 17.6 Å². The maximum atomic E-state index is 13.0. The van der Waals surface area contributed by atoms with Crippen LogP contribution in [0.25, 0.3) is 0 Å². The molecule has 1 amide bonds. The van der Waals surface area contributed by atoms with E-state index in [1.54, 1.807) is 6.07 Å². The number of anilines is 1. The van der Waals surface area contributed by atoms with Gasteiger partial charge in [-0.05, 0) is 33.8 Å². The molecular formula is C16H13BrF3N3OS. The monoisotopic (exact) mass is 431 g/mol. The fraction of sp³-hybridized carbons (Fsp3) is 0.312. The van der Waals surface area contributed by atoms with Gasteiger partial charge in [0.25, 0.3) is 5.91 Å². The first-order valence-corrected chi connectivity index (χ1v) is 9.25. The predicted molar refractivity (Wildman–Crippen MR) is 93.0 cm³/mol. The smallest absolute Gasteiger partial charge is 0.305 e. The van der Waals surface area contributed by atoms with Crippen molar-refractivity contribution in [2.45, 2.75) is 24.4 Å². The number of pyridine rings is 2. The Hall–Kier alpha value is -1.61. The van der Waals surface area contributed by atoms with E-state index in [0.29, 0.717) is 17.0 Å². The van der Waals surface area contributed by atoms with E-state index in [1.807, 2.05) is 6.92 Å². The van der Waals surface area contributed by atoms with E-state index in [-0.39, 0.29) is 17.9 Å². The van der Waals surface area contributed by atoms with Gasteiger partial charge in [-0.25, -0.2) is 4.98 Å². The number of thioether (sulfide) groups is 1. The number of hydrogen-bond acceptors (Lipinski definition) is 4. The molecule has 25 heavy (non-hydrogen) atoms. The van der Waals surface area contributed by atoms with Crippen LogP contribution in [0, 0.1) is 0 Å². The fourth-order valence-corrected chi connectivity index (χ4v) is 3.87. The molecule has 0 saturated carbocycles. The minimum Gasteiger partial charge on any atom is -0.305 e. The maximum Gasteiger partial charge on any atom is 0.417 e. The quantitative estimate of drug-likeness (QED) is 0.667. The molecule has 1 aliphatic rings. The van der Waals surface area contributed by atoms with Crippen molar-refractivity contribution in [2.24, 2.45) is 0 Å². The first-order chi connectivity index (χ1) is 11.8. The summed E-state index contributed by atoms with van der Waals surface area (Å²) in [5.41, 5.74) is 0.0679. The van der Waals surface area contributed by atoms with E-state index in [2.05, 4.69) is 25.9 Å². The lowest BCUT2D eigenvalue weighted by Gasteiger charge is -2.19. The Balaban J connectivity index is 1.99. The molecule has 0 atom stereocenters. The Morgan fingerprint density at radius 3 is 2.76 bits per heavy atom. The lowest BCUT2D eigenvalue weighted by Crippen LogP contribution is -2.30. The van der Waals surface area contributed by atoms with Crippen LogP contribution in [0.4, 0.5) is 18.9 Å². The van der Waals surface area contributed by atoms with E-state index >= 15 is 0 Å². The van der Waals surface area contributed by atoms with Crippen LogP contribution in [-0.4, -0.2) is 28.2 Å². The number of amides is 1. The first kappa shape index (κ1) is 18.2. The zero-order valence-electron chi connectivity index (χ0n) is 13.1. The van der Waals surface area contributed by atoms with E-state index in [0.717, 1.165) is 22.5 Å². The van der Waals surface area contributed by atoms with Crippen molar-refractivity contribution in [3.63, 3.8) is 0 Å². The SMILES string of the molecule is CCSc1cc(Br)cnc1C(=O)N1CCc2ncc(C(F)(F)F)cc21. The number of hydrogen-bond donors (Lipinski definition) is 0. The maximum absolute atomic E-state index is 13.0. The lowest BCUT2D eigenvalue weighted by atomic mass is 10.2. The second-order valence-electron chi connectivity index (χ2n) is 5.33. The Morgan fingerprint density at radius 2 is 2.08 bits per heavy atom. The van der Waals surface area contributed by atoms with Gasteiger partial charge in [-0.15, -0.1) is 11.8 Å². The van der Waals surface area contributed by atoms with Crippen LogP contribution >= 0.6 is 27.7 Å². The average molecular weight is 432 g/mol. The normalized spacial score (nSPS) is 13.9. The summed E-state index contributed by atoms with van der Waals surface area (Å²) >= 11 is 4.78. The third-order valence-electron chi connectivity index (χ3n) is 3.70. The molecule has 132 valence electrons. The summed E-state index contributed by atoms with van der Waals surface area (Å²) in [7, 11) is 0. The molecular weight excluding hydrogens is 419 g/mol. The summed E-state index contributed by atoms with van der Waals surface area (Å²) in [5.74, 6) is 0.331. The van der Waals surface area contributed by atoms with Crippen LogP contribution in [-0.2, 0) is 12.6 Å². The molecule has 0 spiro atoms. The van der Waals surface area contributed by atoms with Crippen molar-refractivity contribution in [3.8, 4) is 0 Å². The number of carbonyl (C=O) groups is 1. The molecule has 9 heteroatoms. The first-order valence-electron chi connectivity index (χ1n) is 7.47. The van der Waals surface area contributed by atoms with Crippen molar-refractivity contribution in [1.82, 2.24) is 9.97 Å². The molecule has 3 rings (SSSR count). The minimum atomic E-state index is -4.50. The van der Waals surface area contributed by atoms with Crippen LogP contribution in [0.2, 0.25) is 0 Å². The van der Waals surface area contributed by atoms with Crippen LogP contribution in [0.5, 0.6) is 0 Å². The van der Waals surface area contributed by atoms with Gasteiger partial charge in [0.15, 0.2) is 0 Å². The van der Waals surface area contributed by atoms with Gasteiger partial charge in [-0.1, -0.05) is 6.92 Å². The standard InChI is InChI=1S/C16H13BrF3N3OS/c1-2-25-13-6-10(17)8-22-14(13)15(24)23-4-3-11-12(23)5-9(7-21-11)16(18,19)20/h5-8H,2-4H2,1H3. The van der Waals surface area contributed by atoms with Crippen LogP contribution in [0.3, 0.4) is 0 Å². The van der Waals surface area contributed by atoms with Gasteiger partial charge in [-0.3, -0.25) is 9.78 Å². The highest BCUT2D eigenvalue weighted by atomic mass is 79.9.